The molecule has 5 nitrogen and oxygen atoms in total. The molecule has 2 heterocycles. The van der Waals surface area contributed by atoms with Gasteiger partial charge in [-0.3, -0.25) is 4.79 Å². The van der Waals surface area contributed by atoms with Gasteiger partial charge in [-0.15, -0.1) is 0 Å². The zero-order chi connectivity index (χ0) is 22.6. The number of rotatable bonds is 6. The van der Waals surface area contributed by atoms with Crippen molar-refractivity contribution in [2.45, 2.75) is 52.0 Å². The molecule has 0 radical (unpaired) electrons. The Hall–Kier alpha value is -2.61. The van der Waals surface area contributed by atoms with E-state index in [4.69, 9.17) is 9.47 Å². The molecule has 0 spiro atoms. The number of nitrogens with zero attached hydrogens (tertiary/aromatic N) is 1. The molecule has 168 valence electrons. The molecule has 0 amide bonds. The van der Waals surface area contributed by atoms with E-state index in [0.717, 1.165) is 24.7 Å². The molecule has 1 fully saturated rings. The lowest BCUT2D eigenvalue weighted by Gasteiger charge is -2.35. The van der Waals surface area contributed by atoms with Crippen LogP contribution in [0.4, 0.5) is 13.2 Å². The number of hydrogen-bond donors (Lipinski definition) is 1. The van der Waals surface area contributed by atoms with Crippen LogP contribution in [0.3, 0.4) is 0 Å². The average Bonchev–Trinajstić information content (AvgIpc) is 2.73. The molecule has 1 atom stereocenters. The number of aryl methyl sites for hydroxylation is 1. The van der Waals surface area contributed by atoms with Crippen LogP contribution in [0.5, 0.6) is 5.88 Å². The van der Waals surface area contributed by atoms with Crippen molar-refractivity contribution in [2.75, 3.05) is 13.1 Å². The lowest BCUT2D eigenvalue weighted by atomic mass is 9.81. The van der Waals surface area contributed by atoms with Crippen molar-refractivity contribution in [2.24, 2.45) is 5.41 Å². The van der Waals surface area contributed by atoms with Gasteiger partial charge in [0, 0.05) is 6.20 Å². The van der Waals surface area contributed by atoms with E-state index in [1.165, 1.54) is 12.3 Å². The summed E-state index contributed by atoms with van der Waals surface area (Å²) in [6.45, 7) is 6.58. The third-order valence-corrected chi connectivity index (χ3v) is 5.52. The number of aromatic nitrogens is 1. The Morgan fingerprint density at radius 1 is 1.13 bits per heavy atom. The van der Waals surface area contributed by atoms with Gasteiger partial charge in [-0.05, 0) is 70.0 Å². The average molecular weight is 436 g/mol. The second-order valence-corrected chi connectivity index (χ2v) is 8.28. The highest BCUT2D eigenvalue weighted by atomic mass is 19.4. The summed E-state index contributed by atoms with van der Waals surface area (Å²) < 4.78 is 52.2. The molecule has 0 bridgehead atoms. The minimum absolute atomic E-state index is 0.230. The number of hydrogen-bond acceptors (Lipinski definition) is 5. The SMILES string of the molecule is Cc1ccccc1C(Oc1ncccc1C(F)(F)F)C(C)(C)C(=O)OC1CCNCC1. The van der Waals surface area contributed by atoms with Crippen LogP contribution in [0.15, 0.2) is 42.6 Å². The van der Waals surface area contributed by atoms with Crippen molar-refractivity contribution in [3.63, 3.8) is 0 Å². The number of nitrogens with one attached hydrogen (secondary N) is 1. The van der Waals surface area contributed by atoms with Crippen LogP contribution in [-0.2, 0) is 15.7 Å². The Bertz CT molecular complexity index is 909. The number of benzene rings is 1. The van der Waals surface area contributed by atoms with E-state index in [-0.39, 0.29) is 6.10 Å². The van der Waals surface area contributed by atoms with Crippen LogP contribution >= 0.6 is 0 Å². The number of piperidine rings is 1. The van der Waals surface area contributed by atoms with E-state index in [2.05, 4.69) is 10.3 Å². The molecular weight excluding hydrogens is 409 g/mol. The molecule has 31 heavy (non-hydrogen) atoms. The van der Waals surface area contributed by atoms with E-state index < -0.39 is 35.1 Å². The first-order valence-corrected chi connectivity index (χ1v) is 10.3. The monoisotopic (exact) mass is 436 g/mol. The van der Waals surface area contributed by atoms with Gasteiger partial charge >= 0.3 is 12.1 Å². The minimum atomic E-state index is -4.64. The summed E-state index contributed by atoms with van der Waals surface area (Å²) in [7, 11) is 0. The van der Waals surface area contributed by atoms with Crippen molar-refractivity contribution in [1.29, 1.82) is 0 Å². The second-order valence-electron chi connectivity index (χ2n) is 8.28. The molecule has 1 saturated heterocycles. The van der Waals surface area contributed by atoms with Gasteiger partial charge in [0.25, 0.3) is 0 Å². The molecule has 1 aliphatic heterocycles. The lowest BCUT2D eigenvalue weighted by Crippen LogP contribution is -2.41. The van der Waals surface area contributed by atoms with Crippen molar-refractivity contribution in [1.82, 2.24) is 10.3 Å². The third-order valence-electron chi connectivity index (χ3n) is 5.52. The largest absolute Gasteiger partial charge is 0.468 e. The molecule has 0 saturated carbocycles. The minimum Gasteiger partial charge on any atom is -0.468 e. The van der Waals surface area contributed by atoms with Crippen LogP contribution < -0.4 is 10.1 Å². The summed E-state index contributed by atoms with van der Waals surface area (Å²) >= 11 is 0. The highest BCUT2D eigenvalue weighted by molar-refractivity contribution is 5.77. The fraction of sp³-hybridized carbons (Fsp3) is 0.478. The maximum absolute atomic E-state index is 13.5. The third kappa shape index (κ3) is 5.36. The molecule has 1 unspecified atom stereocenters. The molecule has 1 N–H and O–H groups in total. The Kier molecular flexibility index (Phi) is 6.89. The number of carbonyl (C=O) groups is 1. The molecule has 2 aromatic rings. The first-order valence-electron chi connectivity index (χ1n) is 10.3. The summed E-state index contributed by atoms with van der Waals surface area (Å²) in [5.41, 5.74) is -0.860. The lowest BCUT2D eigenvalue weighted by molar-refractivity contribution is -0.167. The number of esters is 1. The highest BCUT2D eigenvalue weighted by Gasteiger charge is 2.44. The molecule has 8 heteroatoms. The van der Waals surface area contributed by atoms with E-state index in [9.17, 15) is 18.0 Å². The summed E-state index contributed by atoms with van der Waals surface area (Å²) in [4.78, 5) is 17.0. The predicted molar refractivity (Wildman–Crippen MR) is 110 cm³/mol. The molecule has 1 aliphatic rings. The van der Waals surface area contributed by atoms with E-state index in [1.54, 1.807) is 26.0 Å². The van der Waals surface area contributed by atoms with Crippen LogP contribution in [0.2, 0.25) is 0 Å². The molecule has 0 aliphatic carbocycles. The maximum atomic E-state index is 13.5. The molecule has 3 rings (SSSR count). The number of ether oxygens (including phenoxy) is 2. The Balaban J connectivity index is 1.97. The highest BCUT2D eigenvalue weighted by Crippen LogP contribution is 2.43. The first-order chi connectivity index (χ1) is 14.6. The predicted octanol–water partition coefficient (Wildman–Crippen LogP) is 4.85. The number of carbonyl (C=O) groups excluding carboxylic acids is 1. The van der Waals surface area contributed by atoms with Crippen LogP contribution in [-0.4, -0.2) is 30.1 Å². The molecule has 1 aromatic carbocycles. The Morgan fingerprint density at radius 3 is 2.45 bits per heavy atom. The zero-order valence-electron chi connectivity index (χ0n) is 17.8. The van der Waals surface area contributed by atoms with Gasteiger partial charge in [-0.2, -0.15) is 13.2 Å². The maximum Gasteiger partial charge on any atom is 0.421 e. The van der Waals surface area contributed by atoms with Crippen LogP contribution in [0, 0.1) is 12.3 Å². The van der Waals surface area contributed by atoms with Gasteiger partial charge in [-0.25, -0.2) is 4.98 Å². The van der Waals surface area contributed by atoms with Gasteiger partial charge in [-0.1, -0.05) is 24.3 Å². The fourth-order valence-electron chi connectivity index (χ4n) is 3.62. The smallest absolute Gasteiger partial charge is 0.421 e. The summed E-state index contributed by atoms with van der Waals surface area (Å²) in [5.74, 6) is -1.08. The molecule has 1 aromatic heterocycles. The first kappa shape index (κ1) is 23.1. The molecular formula is C23H27F3N2O3. The zero-order valence-corrected chi connectivity index (χ0v) is 17.8. The van der Waals surface area contributed by atoms with Crippen molar-refractivity contribution in [3.05, 3.63) is 59.3 Å². The van der Waals surface area contributed by atoms with E-state index in [1.807, 2.05) is 19.1 Å². The number of alkyl halides is 3. The van der Waals surface area contributed by atoms with Crippen molar-refractivity contribution >= 4 is 5.97 Å². The fourth-order valence-corrected chi connectivity index (χ4v) is 3.62. The van der Waals surface area contributed by atoms with Crippen molar-refractivity contribution < 1.29 is 27.4 Å². The van der Waals surface area contributed by atoms with Gasteiger partial charge < -0.3 is 14.8 Å². The van der Waals surface area contributed by atoms with E-state index in [0.29, 0.717) is 18.4 Å². The topological polar surface area (TPSA) is 60.5 Å². The quantitative estimate of drug-likeness (QED) is 0.656. The Morgan fingerprint density at radius 2 is 1.81 bits per heavy atom. The Labute approximate surface area is 180 Å². The summed E-state index contributed by atoms with van der Waals surface area (Å²) in [6, 6.07) is 9.26. The summed E-state index contributed by atoms with van der Waals surface area (Å²) in [5, 5.41) is 3.20. The standard InChI is InChI=1S/C23H27F3N2O3/c1-15-7-4-5-8-17(15)19(31-20-18(23(24,25)26)9-6-12-28-20)22(2,3)21(29)30-16-10-13-27-14-11-16/h4-9,12,16,19,27H,10-11,13-14H2,1-3H3. The van der Waals surface area contributed by atoms with Crippen LogP contribution in [0.25, 0.3) is 0 Å². The summed E-state index contributed by atoms with van der Waals surface area (Å²) in [6.07, 6.45) is -3.28. The van der Waals surface area contributed by atoms with Gasteiger partial charge in [0.1, 0.15) is 23.2 Å². The second kappa shape index (κ2) is 9.26. The van der Waals surface area contributed by atoms with Gasteiger partial charge in [0.15, 0.2) is 0 Å². The van der Waals surface area contributed by atoms with Gasteiger partial charge in [0.05, 0.1) is 0 Å². The normalized spacial score (nSPS) is 16.6. The van der Waals surface area contributed by atoms with Crippen molar-refractivity contribution in [3.8, 4) is 5.88 Å². The number of halogens is 3. The van der Waals surface area contributed by atoms with E-state index >= 15 is 0 Å². The van der Waals surface area contributed by atoms with Gasteiger partial charge in [0.2, 0.25) is 5.88 Å². The number of pyridine rings is 1. The van der Waals surface area contributed by atoms with Crippen LogP contribution in [0.1, 0.15) is 49.5 Å².